The number of hydrogen-bond acceptors (Lipinski definition) is 0. The van der Waals surface area contributed by atoms with Gasteiger partial charge in [0, 0.05) is 0 Å². The van der Waals surface area contributed by atoms with Gasteiger partial charge in [-0.15, -0.1) is 5.73 Å². The van der Waals surface area contributed by atoms with Crippen LogP contribution in [0.4, 0.5) is 0 Å². The number of rotatable bonds is 4. The molecular formula is C10H16. The van der Waals surface area contributed by atoms with Crippen LogP contribution in [0, 0.1) is 5.92 Å². The van der Waals surface area contributed by atoms with Crippen molar-refractivity contribution in [2.24, 2.45) is 5.92 Å². The maximum atomic E-state index is 3.52. The molecule has 1 atom stereocenters. The molecule has 0 aromatic carbocycles. The maximum absolute atomic E-state index is 3.52. The molecule has 0 N–H and O–H groups in total. The van der Waals surface area contributed by atoms with E-state index in [0.29, 0.717) is 5.92 Å². The highest BCUT2D eigenvalue weighted by Crippen LogP contribution is 2.03. The molecule has 0 fully saturated rings. The van der Waals surface area contributed by atoms with Crippen LogP contribution in [0.15, 0.2) is 30.5 Å². The molecule has 0 heterocycles. The van der Waals surface area contributed by atoms with E-state index in [-0.39, 0.29) is 0 Å². The highest BCUT2D eigenvalue weighted by molar-refractivity contribution is 4.89. The Balaban J connectivity index is 3.48. The summed E-state index contributed by atoms with van der Waals surface area (Å²) < 4.78 is 0. The van der Waals surface area contributed by atoms with Crippen molar-refractivity contribution in [1.82, 2.24) is 0 Å². The molecule has 0 aromatic heterocycles. The quantitative estimate of drug-likeness (QED) is 0.411. The molecule has 0 rings (SSSR count). The summed E-state index contributed by atoms with van der Waals surface area (Å²) in [4.78, 5) is 0. The van der Waals surface area contributed by atoms with Crippen molar-refractivity contribution in [2.75, 3.05) is 0 Å². The third-order valence-electron chi connectivity index (χ3n) is 1.31. The molecule has 0 spiro atoms. The zero-order valence-electron chi connectivity index (χ0n) is 6.93. The zero-order valence-corrected chi connectivity index (χ0v) is 6.93. The van der Waals surface area contributed by atoms with Crippen molar-refractivity contribution in [3.05, 3.63) is 30.5 Å². The minimum Gasteiger partial charge on any atom is -0.133 e. The van der Waals surface area contributed by atoms with Crippen LogP contribution in [-0.4, -0.2) is 0 Å². The van der Waals surface area contributed by atoms with Crippen LogP contribution >= 0.6 is 0 Å². The minimum atomic E-state index is 0.584. The fraction of sp³-hybridized carbons (Fsp3) is 0.500. The van der Waals surface area contributed by atoms with E-state index in [2.05, 4.69) is 38.3 Å². The predicted molar refractivity (Wildman–Crippen MR) is 46.9 cm³/mol. The van der Waals surface area contributed by atoms with Gasteiger partial charge in [0.05, 0.1) is 0 Å². The van der Waals surface area contributed by atoms with Crippen LogP contribution in [0.25, 0.3) is 0 Å². The first-order chi connectivity index (χ1) is 4.81. The summed E-state index contributed by atoms with van der Waals surface area (Å²) in [6.07, 6.45) is 8.63. The van der Waals surface area contributed by atoms with Gasteiger partial charge in [-0.05, 0) is 24.8 Å². The lowest BCUT2D eigenvalue weighted by atomic mass is 10.1. The van der Waals surface area contributed by atoms with Crippen LogP contribution in [-0.2, 0) is 0 Å². The van der Waals surface area contributed by atoms with Crippen LogP contribution in [0.1, 0.15) is 26.7 Å². The molecule has 0 bridgehead atoms. The van der Waals surface area contributed by atoms with Crippen LogP contribution in [0.5, 0.6) is 0 Å². The van der Waals surface area contributed by atoms with Crippen molar-refractivity contribution in [3.63, 3.8) is 0 Å². The first-order valence-corrected chi connectivity index (χ1v) is 3.82. The van der Waals surface area contributed by atoms with E-state index in [1.54, 1.807) is 0 Å². The van der Waals surface area contributed by atoms with E-state index in [4.69, 9.17) is 0 Å². The molecule has 0 aliphatic rings. The lowest BCUT2D eigenvalue weighted by Crippen LogP contribution is -1.83. The van der Waals surface area contributed by atoms with E-state index in [9.17, 15) is 0 Å². The average Bonchev–Trinajstić information content (AvgIpc) is 1.89. The molecule has 0 saturated heterocycles. The van der Waals surface area contributed by atoms with Crippen molar-refractivity contribution in [2.45, 2.75) is 26.7 Å². The van der Waals surface area contributed by atoms with Crippen LogP contribution < -0.4 is 0 Å². The van der Waals surface area contributed by atoms with E-state index < -0.39 is 0 Å². The topological polar surface area (TPSA) is 0 Å². The zero-order chi connectivity index (χ0) is 7.82. The second-order valence-electron chi connectivity index (χ2n) is 2.46. The predicted octanol–water partition coefficient (Wildman–Crippen LogP) is 3.32. The SMILES string of the molecule is C=C=CC(C)CC=CCC. The van der Waals surface area contributed by atoms with E-state index in [0.717, 1.165) is 12.8 Å². The molecular weight excluding hydrogens is 120 g/mol. The van der Waals surface area contributed by atoms with Crippen molar-refractivity contribution >= 4 is 0 Å². The Labute approximate surface area is 64.0 Å². The number of hydrogen-bond donors (Lipinski definition) is 0. The molecule has 1 unspecified atom stereocenters. The lowest BCUT2D eigenvalue weighted by molar-refractivity contribution is 0.744. The second kappa shape index (κ2) is 6.38. The normalized spacial score (nSPS) is 13.0. The van der Waals surface area contributed by atoms with Gasteiger partial charge in [-0.25, -0.2) is 0 Å². The summed E-state index contributed by atoms with van der Waals surface area (Å²) >= 11 is 0. The summed E-state index contributed by atoms with van der Waals surface area (Å²) in [6, 6.07) is 0. The Morgan fingerprint density at radius 3 is 2.70 bits per heavy atom. The summed E-state index contributed by atoms with van der Waals surface area (Å²) in [5.74, 6) is 0.584. The van der Waals surface area contributed by atoms with E-state index in [1.165, 1.54) is 0 Å². The average molecular weight is 136 g/mol. The van der Waals surface area contributed by atoms with Gasteiger partial charge in [0.1, 0.15) is 0 Å². The Morgan fingerprint density at radius 2 is 2.20 bits per heavy atom. The number of allylic oxidation sites excluding steroid dienone is 3. The smallest absolute Gasteiger partial charge is 0.0152 e. The second-order valence-corrected chi connectivity index (χ2v) is 2.46. The summed E-state index contributed by atoms with van der Waals surface area (Å²) in [6.45, 7) is 7.83. The first kappa shape index (κ1) is 9.26. The Morgan fingerprint density at radius 1 is 1.50 bits per heavy atom. The van der Waals surface area contributed by atoms with Gasteiger partial charge in [-0.2, -0.15) is 0 Å². The van der Waals surface area contributed by atoms with Crippen molar-refractivity contribution in [3.8, 4) is 0 Å². The summed E-state index contributed by atoms with van der Waals surface area (Å²) in [5, 5.41) is 0. The Hall–Kier alpha value is -0.740. The van der Waals surface area contributed by atoms with E-state index in [1.807, 2.05) is 6.08 Å². The Bertz CT molecular complexity index is 136. The van der Waals surface area contributed by atoms with Gasteiger partial charge in [0.15, 0.2) is 0 Å². The molecule has 0 nitrogen and oxygen atoms in total. The highest BCUT2D eigenvalue weighted by atomic mass is 13.9. The molecule has 56 valence electrons. The first-order valence-electron chi connectivity index (χ1n) is 3.82. The van der Waals surface area contributed by atoms with E-state index >= 15 is 0 Å². The highest BCUT2D eigenvalue weighted by Gasteiger charge is 1.89. The molecule has 0 heteroatoms. The maximum Gasteiger partial charge on any atom is -0.0152 e. The minimum absolute atomic E-state index is 0.584. The molecule has 0 aliphatic heterocycles. The molecule has 0 aliphatic carbocycles. The van der Waals surface area contributed by atoms with Gasteiger partial charge in [-0.3, -0.25) is 0 Å². The third-order valence-corrected chi connectivity index (χ3v) is 1.31. The molecule has 0 radical (unpaired) electrons. The van der Waals surface area contributed by atoms with Crippen molar-refractivity contribution in [1.29, 1.82) is 0 Å². The fourth-order valence-corrected chi connectivity index (χ4v) is 0.747. The fourth-order valence-electron chi connectivity index (χ4n) is 0.747. The van der Waals surface area contributed by atoms with Crippen LogP contribution in [0.2, 0.25) is 0 Å². The van der Waals surface area contributed by atoms with Crippen LogP contribution in [0.3, 0.4) is 0 Å². The molecule has 0 saturated carbocycles. The molecule has 0 aromatic rings. The van der Waals surface area contributed by atoms with Crippen molar-refractivity contribution < 1.29 is 0 Å². The Kier molecular flexibility index (Phi) is 5.91. The van der Waals surface area contributed by atoms with Gasteiger partial charge >= 0.3 is 0 Å². The summed E-state index contributed by atoms with van der Waals surface area (Å²) in [5.41, 5.74) is 2.79. The van der Waals surface area contributed by atoms with Gasteiger partial charge < -0.3 is 0 Å². The standard InChI is InChI=1S/C10H16/c1-4-6-7-9-10(3)8-5-2/h6-8,10H,2,4,9H2,1,3H3. The summed E-state index contributed by atoms with van der Waals surface area (Å²) in [7, 11) is 0. The largest absolute Gasteiger partial charge is 0.133 e. The molecule has 10 heavy (non-hydrogen) atoms. The lowest BCUT2D eigenvalue weighted by Gasteiger charge is -1.96. The van der Waals surface area contributed by atoms with Gasteiger partial charge in [0.25, 0.3) is 0 Å². The molecule has 0 amide bonds. The monoisotopic (exact) mass is 136 g/mol. The third kappa shape index (κ3) is 5.40. The van der Waals surface area contributed by atoms with Gasteiger partial charge in [-0.1, -0.05) is 32.6 Å². The van der Waals surface area contributed by atoms with Gasteiger partial charge in [0.2, 0.25) is 0 Å².